The van der Waals surface area contributed by atoms with E-state index < -0.39 is 11.4 Å². The van der Waals surface area contributed by atoms with E-state index in [9.17, 15) is 9.59 Å². The van der Waals surface area contributed by atoms with Crippen molar-refractivity contribution < 1.29 is 23.4 Å². The van der Waals surface area contributed by atoms with E-state index in [0.717, 1.165) is 11.1 Å². The van der Waals surface area contributed by atoms with Crippen LogP contribution in [0, 0.1) is 13.8 Å². The van der Waals surface area contributed by atoms with Crippen LogP contribution in [0.25, 0.3) is 22.3 Å². The molecule has 3 aromatic carbocycles. The number of aryl methyl sites for hydroxylation is 2. The molecule has 6 nitrogen and oxygen atoms in total. The number of carbonyl (C=O) groups is 1. The number of rotatable bonds is 5. The Bertz CT molecular complexity index is 1380. The van der Waals surface area contributed by atoms with Gasteiger partial charge in [-0.1, -0.05) is 24.3 Å². The second-order valence-corrected chi connectivity index (χ2v) is 7.36. The highest BCUT2D eigenvalue weighted by molar-refractivity contribution is 5.94. The van der Waals surface area contributed by atoms with Crippen molar-refractivity contribution in [2.45, 2.75) is 13.8 Å². The lowest BCUT2D eigenvalue weighted by Crippen LogP contribution is -2.17. The average molecular weight is 430 g/mol. The quantitative estimate of drug-likeness (QED) is 0.399. The molecule has 4 rings (SSSR count). The van der Waals surface area contributed by atoms with Gasteiger partial charge in [0.05, 0.1) is 25.2 Å². The van der Waals surface area contributed by atoms with E-state index in [-0.39, 0.29) is 11.5 Å². The van der Waals surface area contributed by atoms with Gasteiger partial charge in [-0.05, 0) is 61.4 Å². The lowest BCUT2D eigenvalue weighted by molar-refractivity contribution is 0.0730. The number of fused-ring (bicyclic) bond motifs is 1. The van der Waals surface area contributed by atoms with Crippen molar-refractivity contribution in [3.05, 3.63) is 87.6 Å². The van der Waals surface area contributed by atoms with Crippen molar-refractivity contribution in [1.82, 2.24) is 0 Å². The Morgan fingerprint density at radius 2 is 1.62 bits per heavy atom. The van der Waals surface area contributed by atoms with E-state index in [1.54, 1.807) is 55.5 Å². The first-order chi connectivity index (χ1) is 15.4. The Hall–Kier alpha value is -4.06. The van der Waals surface area contributed by atoms with Crippen molar-refractivity contribution in [2.24, 2.45) is 0 Å². The second kappa shape index (κ2) is 8.59. The van der Waals surface area contributed by atoms with Gasteiger partial charge in [-0.25, -0.2) is 4.79 Å². The molecule has 4 aromatic rings. The van der Waals surface area contributed by atoms with Crippen LogP contribution in [0.3, 0.4) is 0 Å². The fraction of sp³-hybridized carbons (Fsp3) is 0.154. The molecule has 32 heavy (non-hydrogen) atoms. The van der Waals surface area contributed by atoms with Crippen molar-refractivity contribution in [2.75, 3.05) is 14.2 Å². The van der Waals surface area contributed by atoms with Gasteiger partial charge in [0.1, 0.15) is 5.58 Å². The molecule has 0 aliphatic heterocycles. The maximum Gasteiger partial charge on any atom is 0.344 e. The normalized spacial score (nSPS) is 10.8. The first kappa shape index (κ1) is 21.2. The maximum absolute atomic E-state index is 13.4. The molecule has 0 fully saturated rings. The van der Waals surface area contributed by atoms with Crippen LogP contribution in [-0.2, 0) is 0 Å². The average Bonchev–Trinajstić information content (AvgIpc) is 2.80. The fourth-order valence-electron chi connectivity index (χ4n) is 3.49. The molecule has 0 aliphatic rings. The molecule has 1 aromatic heterocycles. The Balaban J connectivity index is 1.94. The zero-order valence-electron chi connectivity index (χ0n) is 18.2. The van der Waals surface area contributed by atoms with Gasteiger partial charge in [0.2, 0.25) is 11.2 Å². The monoisotopic (exact) mass is 430 g/mol. The summed E-state index contributed by atoms with van der Waals surface area (Å²) >= 11 is 0. The van der Waals surface area contributed by atoms with Crippen LogP contribution in [0.1, 0.15) is 21.5 Å². The zero-order chi connectivity index (χ0) is 22.8. The van der Waals surface area contributed by atoms with Crippen molar-refractivity contribution in [3.8, 4) is 28.6 Å². The molecule has 0 spiro atoms. The largest absolute Gasteiger partial charge is 0.493 e. The predicted octanol–water partition coefficient (Wildman–Crippen LogP) is 5.31. The van der Waals surface area contributed by atoms with Gasteiger partial charge >= 0.3 is 5.97 Å². The minimum Gasteiger partial charge on any atom is -0.493 e. The summed E-state index contributed by atoms with van der Waals surface area (Å²) in [6, 6.07) is 17.4. The number of benzene rings is 3. The summed E-state index contributed by atoms with van der Waals surface area (Å²) in [7, 11) is 3.05. The molecule has 1 heterocycles. The van der Waals surface area contributed by atoms with Crippen LogP contribution >= 0.6 is 0 Å². The Kier molecular flexibility index (Phi) is 5.69. The van der Waals surface area contributed by atoms with E-state index in [0.29, 0.717) is 33.6 Å². The van der Waals surface area contributed by atoms with Crippen molar-refractivity contribution in [1.29, 1.82) is 0 Å². The van der Waals surface area contributed by atoms with E-state index in [1.807, 2.05) is 19.1 Å². The highest BCUT2D eigenvalue weighted by Crippen LogP contribution is 2.37. The number of esters is 1. The van der Waals surface area contributed by atoms with Gasteiger partial charge in [0.15, 0.2) is 17.3 Å². The summed E-state index contributed by atoms with van der Waals surface area (Å²) in [6.07, 6.45) is 0. The molecule has 0 bridgehead atoms. The minimum absolute atomic E-state index is 0.135. The molecule has 0 saturated carbocycles. The molecule has 0 unspecified atom stereocenters. The fourth-order valence-corrected chi connectivity index (χ4v) is 3.49. The molecule has 0 radical (unpaired) electrons. The summed E-state index contributed by atoms with van der Waals surface area (Å²) < 4.78 is 22.4. The van der Waals surface area contributed by atoms with E-state index in [4.69, 9.17) is 18.6 Å². The highest BCUT2D eigenvalue weighted by Gasteiger charge is 2.23. The number of hydrogen-bond donors (Lipinski definition) is 0. The summed E-state index contributed by atoms with van der Waals surface area (Å²) in [5.41, 5.74) is 2.52. The van der Waals surface area contributed by atoms with Crippen molar-refractivity contribution in [3.63, 3.8) is 0 Å². The second-order valence-electron chi connectivity index (χ2n) is 7.36. The predicted molar refractivity (Wildman–Crippen MR) is 122 cm³/mol. The Labute approximate surface area is 185 Å². The summed E-state index contributed by atoms with van der Waals surface area (Å²) in [6.45, 7) is 3.71. The van der Waals surface area contributed by atoms with Crippen LogP contribution in [0.5, 0.6) is 17.2 Å². The number of carbonyl (C=O) groups excluding carboxylic acids is 1. The molecular formula is C26H22O6. The lowest BCUT2D eigenvalue weighted by atomic mass is 10.1. The SMILES string of the molecule is COc1ccc(-c2oc3cc(C)ccc3c(=O)c2OC(=O)c2ccccc2C)cc1OC. The van der Waals surface area contributed by atoms with E-state index >= 15 is 0 Å². The van der Waals surface area contributed by atoms with Gasteiger partial charge < -0.3 is 18.6 Å². The maximum atomic E-state index is 13.4. The molecule has 162 valence electrons. The topological polar surface area (TPSA) is 75.0 Å². The molecule has 0 atom stereocenters. The number of methoxy groups -OCH3 is 2. The number of ether oxygens (including phenoxy) is 3. The zero-order valence-corrected chi connectivity index (χ0v) is 18.2. The van der Waals surface area contributed by atoms with Crippen LogP contribution in [-0.4, -0.2) is 20.2 Å². The van der Waals surface area contributed by atoms with Crippen molar-refractivity contribution >= 4 is 16.9 Å². The standard InChI is InChI=1S/C26H22O6/c1-15-9-11-19-21(13-15)31-24(17-10-12-20(29-3)22(14-17)30-4)25(23(19)27)32-26(28)18-8-6-5-7-16(18)2/h5-14H,1-4H3. The summed E-state index contributed by atoms with van der Waals surface area (Å²) in [5, 5.41) is 0.326. The molecule has 0 amide bonds. The summed E-state index contributed by atoms with van der Waals surface area (Å²) in [5.74, 6) is 0.295. The summed E-state index contributed by atoms with van der Waals surface area (Å²) in [4.78, 5) is 26.3. The van der Waals surface area contributed by atoms with Crippen LogP contribution in [0.4, 0.5) is 0 Å². The third-order valence-electron chi connectivity index (χ3n) is 5.21. The lowest BCUT2D eigenvalue weighted by Gasteiger charge is -2.13. The molecule has 0 saturated heterocycles. The van der Waals surface area contributed by atoms with Crippen LogP contribution in [0.15, 0.2) is 69.9 Å². The highest BCUT2D eigenvalue weighted by atomic mass is 16.5. The smallest absolute Gasteiger partial charge is 0.344 e. The van der Waals surface area contributed by atoms with Gasteiger partial charge in [-0.2, -0.15) is 0 Å². The van der Waals surface area contributed by atoms with Gasteiger partial charge in [-0.15, -0.1) is 0 Å². The molecule has 6 heteroatoms. The van der Waals surface area contributed by atoms with Crippen LogP contribution in [0.2, 0.25) is 0 Å². The first-order valence-electron chi connectivity index (χ1n) is 10.0. The van der Waals surface area contributed by atoms with E-state index in [2.05, 4.69) is 0 Å². The van der Waals surface area contributed by atoms with Gasteiger partial charge in [0, 0.05) is 5.56 Å². The Morgan fingerprint density at radius 3 is 2.34 bits per heavy atom. The third kappa shape index (κ3) is 3.83. The third-order valence-corrected chi connectivity index (χ3v) is 5.21. The van der Waals surface area contributed by atoms with Gasteiger partial charge in [0.25, 0.3) is 0 Å². The Morgan fingerprint density at radius 1 is 0.875 bits per heavy atom. The molecular weight excluding hydrogens is 408 g/mol. The van der Waals surface area contributed by atoms with Gasteiger partial charge in [-0.3, -0.25) is 4.79 Å². The number of hydrogen-bond acceptors (Lipinski definition) is 6. The molecule has 0 N–H and O–H groups in total. The first-order valence-corrected chi connectivity index (χ1v) is 10.0. The minimum atomic E-state index is -0.636. The van der Waals surface area contributed by atoms with Crippen LogP contribution < -0.4 is 19.6 Å². The molecule has 0 aliphatic carbocycles. The van der Waals surface area contributed by atoms with E-state index in [1.165, 1.54) is 14.2 Å².